The largest absolute Gasteiger partial charge is 0.340 e. The quantitative estimate of drug-likeness (QED) is 0.709. The Kier molecular flexibility index (Phi) is 4.14. The predicted molar refractivity (Wildman–Crippen MR) is 62.8 cm³/mol. The lowest BCUT2D eigenvalue weighted by atomic mass is 9.89. The van der Waals surface area contributed by atoms with Crippen molar-refractivity contribution in [3.63, 3.8) is 0 Å². The highest BCUT2D eigenvalue weighted by atomic mass is 16.2. The normalized spacial score (nSPS) is 19.3. The van der Waals surface area contributed by atoms with Crippen LogP contribution in [0, 0.1) is 5.41 Å². The summed E-state index contributed by atoms with van der Waals surface area (Å²) in [5.74, 6) is 0.212. The summed E-state index contributed by atoms with van der Waals surface area (Å²) in [6.45, 7) is 13.5. The molecule has 0 radical (unpaired) electrons. The molecule has 88 valence electrons. The molecule has 3 nitrogen and oxygen atoms in total. The van der Waals surface area contributed by atoms with Crippen LogP contribution in [0.25, 0.3) is 0 Å². The fourth-order valence-electron chi connectivity index (χ4n) is 1.94. The molecule has 1 aliphatic heterocycles. The second-order valence-electron chi connectivity index (χ2n) is 5.30. The van der Waals surface area contributed by atoms with Crippen LogP contribution in [0.15, 0.2) is 0 Å². The van der Waals surface area contributed by atoms with Gasteiger partial charge in [0, 0.05) is 39.6 Å². The minimum Gasteiger partial charge on any atom is -0.340 e. The highest BCUT2D eigenvalue weighted by Gasteiger charge is 2.23. The molecule has 1 amide bonds. The zero-order chi connectivity index (χ0) is 11.5. The van der Waals surface area contributed by atoms with Crippen molar-refractivity contribution >= 4 is 5.91 Å². The van der Waals surface area contributed by atoms with Gasteiger partial charge in [-0.3, -0.25) is 9.69 Å². The number of amides is 1. The molecule has 1 heterocycles. The summed E-state index contributed by atoms with van der Waals surface area (Å²) >= 11 is 0. The Morgan fingerprint density at radius 2 is 1.73 bits per heavy atom. The Morgan fingerprint density at radius 3 is 2.13 bits per heavy atom. The number of piperazine rings is 1. The number of nitrogens with zero attached hydrogens (tertiary/aromatic N) is 2. The van der Waals surface area contributed by atoms with Crippen LogP contribution in [-0.4, -0.2) is 48.4 Å². The summed E-state index contributed by atoms with van der Waals surface area (Å²) in [7, 11) is 0. The molecule has 15 heavy (non-hydrogen) atoms. The molecule has 1 aliphatic rings. The van der Waals surface area contributed by atoms with Crippen molar-refractivity contribution in [2.24, 2.45) is 5.41 Å². The third kappa shape index (κ3) is 3.82. The van der Waals surface area contributed by atoms with Crippen molar-refractivity contribution in [2.75, 3.05) is 32.7 Å². The van der Waals surface area contributed by atoms with Gasteiger partial charge in [0.15, 0.2) is 0 Å². The van der Waals surface area contributed by atoms with Crippen LogP contribution in [0.1, 0.15) is 34.1 Å². The molecule has 0 aromatic carbocycles. The molecule has 0 saturated carbocycles. The monoisotopic (exact) mass is 212 g/mol. The topological polar surface area (TPSA) is 23.6 Å². The van der Waals surface area contributed by atoms with E-state index in [4.69, 9.17) is 0 Å². The molecule has 0 unspecified atom stereocenters. The summed E-state index contributed by atoms with van der Waals surface area (Å²) in [5, 5.41) is 0. The highest BCUT2D eigenvalue weighted by Crippen LogP contribution is 2.21. The van der Waals surface area contributed by atoms with E-state index in [1.54, 1.807) is 6.92 Å². The van der Waals surface area contributed by atoms with E-state index in [9.17, 15) is 4.79 Å². The smallest absolute Gasteiger partial charge is 0.219 e. The average molecular weight is 212 g/mol. The van der Waals surface area contributed by atoms with Gasteiger partial charge in [-0.2, -0.15) is 0 Å². The molecule has 0 aliphatic carbocycles. The molecule has 0 aromatic rings. The van der Waals surface area contributed by atoms with E-state index >= 15 is 0 Å². The highest BCUT2D eigenvalue weighted by molar-refractivity contribution is 5.73. The molecule has 1 saturated heterocycles. The fourth-order valence-corrected chi connectivity index (χ4v) is 1.94. The van der Waals surface area contributed by atoms with E-state index in [2.05, 4.69) is 25.7 Å². The van der Waals surface area contributed by atoms with E-state index in [-0.39, 0.29) is 5.91 Å². The molecule has 3 heteroatoms. The average Bonchev–Trinajstić information content (AvgIpc) is 2.18. The van der Waals surface area contributed by atoms with Gasteiger partial charge in [-0.25, -0.2) is 0 Å². The minimum absolute atomic E-state index is 0.212. The van der Waals surface area contributed by atoms with Crippen LogP contribution >= 0.6 is 0 Å². The lowest BCUT2D eigenvalue weighted by Gasteiger charge is -2.38. The molecule has 0 aromatic heterocycles. The molecule has 1 fully saturated rings. The van der Waals surface area contributed by atoms with E-state index in [0.717, 1.165) is 32.7 Å². The van der Waals surface area contributed by atoms with E-state index in [1.807, 2.05) is 4.90 Å². The van der Waals surface area contributed by atoms with Crippen molar-refractivity contribution in [2.45, 2.75) is 34.1 Å². The number of rotatable bonds is 3. The van der Waals surface area contributed by atoms with Gasteiger partial charge in [0.25, 0.3) is 0 Å². The van der Waals surface area contributed by atoms with Gasteiger partial charge < -0.3 is 4.90 Å². The number of hydrogen-bond donors (Lipinski definition) is 0. The summed E-state index contributed by atoms with van der Waals surface area (Å²) in [6, 6.07) is 0. The maximum atomic E-state index is 11.2. The molecule has 0 bridgehead atoms. The van der Waals surface area contributed by atoms with Crippen LogP contribution < -0.4 is 0 Å². The first kappa shape index (κ1) is 12.5. The molecule has 0 N–H and O–H groups in total. The Balaban J connectivity index is 2.35. The van der Waals surface area contributed by atoms with Gasteiger partial charge in [0.2, 0.25) is 5.91 Å². The lowest BCUT2D eigenvalue weighted by Crippen LogP contribution is -2.50. The standard InChI is InChI=1S/C12H24N2O/c1-5-12(3,4)10-13-6-8-14(9-7-13)11(2)15/h5-10H2,1-4H3. The molecule has 0 spiro atoms. The molecule has 0 atom stereocenters. The van der Waals surface area contributed by atoms with Gasteiger partial charge in [-0.15, -0.1) is 0 Å². The molecule has 1 rings (SSSR count). The van der Waals surface area contributed by atoms with Gasteiger partial charge >= 0.3 is 0 Å². The zero-order valence-corrected chi connectivity index (χ0v) is 10.5. The van der Waals surface area contributed by atoms with Gasteiger partial charge in [0.05, 0.1) is 0 Å². The van der Waals surface area contributed by atoms with Gasteiger partial charge in [-0.05, 0) is 11.8 Å². The maximum absolute atomic E-state index is 11.2. The third-order valence-corrected chi connectivity index (χ3v) is 3.43. The van der Waals surface area contributed by atoms with E-state index < -0.39 is 0 Å². The SMILES string of the molecule is CCC(C)(C)CN1CCN(C(C)=O)CC1. The molecular weight excluding hydrogens is 188 g/mol. The fraction of sp³-hybridized carbons (Fsp3) is 0.917. The van der Waals surface area contributed by atoms with Crippen molar-refractivity contribution in [1.82, 2.24) is 9.80 Å². The van der Waals surface area contributed by atoms with Crippen molar-refractivity contribution in [3.8, 4) is 0 Å². The Bertz CT molecular complexity index is 218. The maximum Gasteiger partial charge on any atom is 0.219 e. The Morgan fingerprint density at radius 1 is 1.20 bits per heavy atom. The van der Waals surface area contributed by atoms with Crippen LogP contribution in [0.3, 0.4) is 0 Å². The summed E-state index contributed by atoms with van der Waals surface area (Å²) in [4.78, 5) is 15.6. The Hall–Kier alpha value is -0.570. The number of hydrogen-bond acceptors (Lipinski definition) is 2. The van der Waals surface area contributed by atoms with Crippen LogP contribution in [0.5, 0.6) is 0 Å². The van der Waals surface area contributed by atoms with Crippen LogP contribution in [0.2, 0.25) is 0 Å². The molecular formula is C12H24N2O. The number of carbonyl (C=O) groups is 1. The van der Waals surface area contributed by atoms with E-state index in [0.29, 0.717) is 5.41 Å². The third-order valence-electron chi connectivity index (χ3n) is 3.43. The van der Waals surface area contributed by atoms with Crippen molar-refractivity contribution in [1.29, 1.82) is 0 Å². The van der Waals surface area contributed by atoms with Crippen LogP contribution in [0.4, 0.5) is 0 Å². The van der Waals surface area contributed by atoms with Crippen LogP contribution in [-0.2, 0) is 4.79 Å². The summed E-state index contributed by atoms with van der Waals surface area (Å²) < 4.78 is 0. The predicted octanol–water partition coefficient (Wildman–Crippen LogP) is 1.59. The lowest BCUT2D eigenvalue weighted by molar-refractivity contribution is -0.130. The van der Waals surface area contributed by atoms with Gasteiger partial charge in [-0.1, -0.05) is 20.8 Å². The summed E-state index contributed by atoms with van der Waals surface area (Å²) in [6.07, 6.45) is 1.21. The number of carbonyl (C=O) groups excluding carboxylic acids is 1. The van der Waals surface area contributed by atoms with Crippen molar-refractivity contribution < 1.29 is 4.79 Å². The van der Waals surface area contributed by atoms with Gasteiger partial charge in [0.1, 0.15) is 0 Å². The summed E-state index contributed by atoms with van der Waals surface area (Å²) in [5.41, 5.74) is 0.401. The minimum atomic E-state index is 0.212. The Labute approximate surface area is 93.4 Å². The van der Waals surface area contributed by atoms with E-state index in [1.165, 1.54) is 6.42 Å². The van der Waals surface area contributed by atoms with Crippen molar-refractivity contribution in [3.05, 3.63) is 0 Å². The first-order valence-corrected chi connectivity index (χ1v) is 5.92. The zero-order valence-electron chi connectivity index (χ0n) is 10.5. The second-order valence-corrected chi connectivity index (χ2v) is 5.30. The first-order valence-electron chi connectivity index (χ1n) is 5.92. The first-order chi connectivity index (χ1) is 6.94. The second kappa shape index (κ2) is 4.97.